The summed E-state index contributed by atoms with van der Waals surface area (Å²) in [5.41, 5.74) is 8.69. The van der Waals surface area contributed by atoms with E-state index in [1.807, 2.05) is 30.3 Å². The topological polar surface area (TPSA) is 94.6 Å². The van der Waals surface area contributed by atoms with Crippen molar-refractivity contribution < 1.29 is 19.0 Å². The molecule has 0 bridgehead atoms. The SMILES string of the molecule is N#CC1=C(N)Oc2cc(OC(=O)c3cccs3)ccc2C1c1cccc(OCc2ccc(Cl)cc2Cl)c1. The van der Waals surface area contributed by atoms with Gasteiger partial charge in [0.15, 0.2) is 0 Å². The maximum atomic E-state index is 12.4. The molecule has 1 aliphatic heterocycles. The molecule has 0 aliphatic carbocycles. The molecule has 37 heavy (non-hydrogen) atoms. The van der Waals surface area contributed by atoms with Crippen molar-refractivity contribution in [3.05, 3.63) is 121 Å². The number of hydrogen-bond acceptors (Lipinski definition) is 7. The molecule has 0 spiro atoms. The van der Waals surface area contributed by atoms with Crippen LogP contribution in [-0.4, -0.2) is 5.97 Å². The summed E-state index contributed by atoms with van der Waals surface area (Å²) in [6.45, 7) is 0.242. The van der Waals surface area contributed by atoms with Gasteiger partial charge < -0.3 is 19.9 Å². The number of nitrogens with two attached hydrogens (primary N) is 1. The fourth-order valence-electron chi connectivity index (χ4n) is 3.98. The third kappa shape index (κ3) is 5.27. The van der Waals surface area contributed by atoms with Gasteiger partial charge in [0, 0.05) is 27.2 Å². The van der Waals surface area contributed by atoms with E-state index in [0.29, 0.717) is 37.7 Å². The molecule has 3 aromatic carbocycles. The second-order valence-electron chi connectivity index (χ2n) is 8.09. The maximum Gasteiger partial charge on any atom is 0.353 e. The Balaban J connectivity index is 1.43. The minimum absolute atomic E-state index is 0.0130. The van der Waals surface area contributed by atoms with E-state index in [1.165, 1.54) is 11.3 Å². The molecule has 5 rings (SSSR count). The number of nitriles is 1. The standard InChI is InChI=1S/C28H18Cl2N2O4S/c29-18-7-6-17(23(30)12-18)15-34-19-4-1-3-16(11-19)26-21-9-8-20(35-28(33)25-5-2-10-37-25)13-24(21)36-27(32)22(26)14-31/h1-13,26H,15,32H2. The molecule has 2 N–H and O–H groups in total. The minimum atomic E-state index is -0.501. The van der Waals surface area contributed by atoms with Crippen LogP contribution in [0.3, 0.4) is 0 Å². The molecular weight excluding hydrogens is 531 g/mol. The molecule has 184 valence electrons. The second-order valence-corrected chi connectivity index (χ2v) is 9.88. The van der Waals surface area contributed by atoms with Crippen molar-refractivity contribution in [2.24, 2.45) is 5.73 Å². The van der Waals surface area contributed by atoms with E-state index in [0.717, 1.165) is 11.1 Å². The molecule has 4 aromatic rings. The zero-order chi connectivity index (χ0) is 25.9. The van der Waals surface area contributed by atoms with Crippen LogP contribution in [0.2, 0.25) is 10.0 Å². The van der Waals surface area contributed by atoms with Gasteiger partial charge in [-0.3, -0.25) is 0 Å². The minimum Gasteiger partial charge on any atom is -0.489 e. The zero-order valence-electron chi connectivity index (χ0n) is 19.1. The van der Waals surface area contributed by atoms with Crippen molar-refractivity contribution in [3.8, 4) is 23.3 Å². The third-order valence-corrected chi connectivity index (χ3v) is 7.16. The van der Waals surface area contributed by atoms with Crippen LogP contribution < -0.4 is 19.9 Å². The van der Waals surface area contributed by atoms with Crippen LogP contribution in [0, 0.1) is 11.3 Å². The Labute approximate surface area is 227 Å². The predicted octanol–water partition coefficient (Wildman–Crippen LogP) is 7.07. The molecule has 1 aliphatic rings. The highest BCUT2D eigenvalue weighted by Crippen LogP contribution is 2.44. The van der Waals surface area contributed by atoms with Gasteiger partial charge in [-0.25, -0.2) is 4.79 Å². The summed E-state index contributed by atoms with van der Waals surface area (Å²) in [6, 6.07) is 23.3. The molecule has 0 saturated heterocycles. The first kappa shape index (κ1) is 24.7. The van der Waals surface area contributed by atoms with E-state index in [1.54, 1.807) is 47.8 Å². The van der Waals surface area contributed by atoms with Crippen LogP contribution in [0.5, 0.6) is 17.2 Å². The number of benzene rings is 3. The first-order valence-corrected chi connectivity index (χ1v) is 12.7. The number of carbonyl (C=O) groups excluding carboxylic acids is 1. The van der Waals surface area contributed by atoms with E-state index in [-0.39, 0.29) is 18.1 Å². The van der Waals surface area contributed by atoms with Crippen molar-refractivity contribution in [2.45, 2.75) is 12.5 Å². The number of thiophene rings is 1. The normalized spacial score (nSPS) is 14.4. The summed E-state index contributed by atoms with van der Waals surface area (Å²) in [6.07, 6.45) is 0. The van der Waals surface area contributed by atoms with Crippen LogP contribution in [0.25, 0.3) is 0 Å². The Morgan fingerprint density at radius 1 is 1.05 bits per heavy atom. The summed E-state index contributed by atoms with van der Waals surface area (Å²) in [5.74, 6) is 0.320. The molecule has 6 nitrogen and oxygen atoms in total. The fraction of sp³-hybridized carbons (Fsp3) is 0.0714. The van der Waals surface area contributed by atoms with Crippen LogP contribution in [0.4, 0.5) is 0 Å². The summed E-state index contributed by atoms with van der Waals surface area (Å²) in [7, 11) is 0. The quantitative estimate of drug-likeness (QED) is 0.204. The Bertz CT molecular complexity index is 1560. The van der Waals surface area contributed by atoms with Gasteiger partial charge >= 0.3 is 5.97 Å². The number of rotatable bonds is 6. The highest BCUT2D eigenvalue weighted by molar-refractivity contribution is 7.12. The average molecular weight is 549 g/mol. The van der Waals surface area contributed by atoms with Gasteiger partial charge in [0.1, 0.15) is 40.4 Å². The van der Waals surface area contributed by atoms with E-state index in [2.05, 4.69) is 6.07 Å². The Morgan fingerprint density at radius 2 is 1.92 bits per heavy atom. The van der Waals surface area contributed by atoms with Gasteiger partial charge in [0.25, 0.3) is 0 Å². The summed E-state index contributed by atoms with van der Waals surface area (Å²) >= 11 is 13.5. The maximum absolute atomic E-state index is 12.4. The van der Waals surface area contributed by atoms with Gasteiger partial charge in [-0.1, -0.05) is 53.5 Å². The Morgan fingerprint density at radius 3 is 2.68 bits per heavy atom. The first-order chi connectivity index (χ1) is 17.9. The highest BCUT2D eigenvalue weighted by atomic mass is 35.5. The largest absolute Gasteiger partial charge is 0.489 e. The summed E-state index contributed by atoms with van der Waals surface area (Å²) in [5, 5.41) is 12.7. The Hall–Kier alpha value is -3.96. The zero-order valence-corrected chi connectivity index (χ0v) is 21.4. The Kier molecular flexibility index (Phi) is 7.06. The van der Waals surface area contributed by atoms with Gasteiger partial charge in [-0.05, 0) is 47.3 Å². The molecule has 2 heterocycles. The van der Waals surface area contributed by atoms with E-state index >= 15 is 0 Å². The van der Waals surface area contributed by atoms with Crippen molar-refractivity contribution in [3.63, 3.8) is 0 Å². The molecular formula is C28H18Cl2N2O4S. The number of halogens is 2. The van der Waals surface area contributed by atoms with E-state index in [9.17, 15) is 10.1 Å². The lowest BCUT2D eigenvalue weighted by molar-refractivity contribution is 0.0739. The van der Waals surface area contributed by atoms with E-state index in [4.69, 9.17) is 43.1 Å². The van der Waals surface area contributed by atoms with Crippen molar-refractivity contribution in [2.75, 3.05) is 0 Å². The van der Waals surface area contributed by atoms with Crippen LogP contribution >= 0.6 is 34.5 Å². The molecule has 1 atom stereocenters. The number of fused-ring (bicyclic) bond motifs is 1. The average Bonchev–Trinajstić information content (AvgIpc) is 3.43. The van der Waals surface area contributed by atoms with Gasteiger partial charge in [0.05, 0.1) is 5.92 Å². The first-order valence-electron chi connectivity index (χ1n) is 11.1. The van der Waals surface area contributed by atoms with Crippen LogP contribution in [0.15, 0.2) is 89.6 Å². The van der Waals surface area contributed by atoms with Crippen molar-refractivity contribution >= 4 is 40.5 Å². The van der Waals surface area contributed by atoms with Gasteiger partial charge in [-0.2, -0.15) is 5.26 Å². The lowest BCUT2D eigenvalue weighted by Gasteiger charge is -2.27. The number of hydrogen-bond donors (Lipinski definition) is 1. The fourth-order valence-corrected chi connectivity index (χ4v) is 5.04. The van der Waals surface area contributed by atoms with E-state index < -0.39 is 11.9 Å². The number of esters is 1. The van der Waals surface area contributed by atoms with Gasteiger partial charge in [-0.15, -0.1) is 11.3 Å². The predicted molar refractivity (Wildman–Crippen MR) is 142 cm³/mol. The highest BCUT2D eigenvalue weighted by Gasteiger charge is 2.31. The lowest BCUT2D eigenvalue weighted by Crippen LogP contribution is -2.21. The molecule has 0 radical (unpaired) electrons. The lowest BCUT2D eigenvalue weighted by atomic mass is 9.83. The van der Waals surface area contributed by atoms with Crippen molar-refractivity contribution in [1.29, 1.82) is 5.26 Å². The van der Waals surface area contributed by atoms with Crippen LogP contribution in [0.1, 0.15) is 32.3 Å². The number of allylic oxidation sites excluding steroid dienone is 1. The number of carbonyl (C=O) groups is 1. The van der Waals surface area contributed by atoms with Crippen LogP contribution in [-0.2, 0) is 6.61 Å². The molecule has 1 unspecified atom stereocenters. The molecule has 0 fully saturated rings. The van der Waals surface area contributed by atoms with Crippen molar-refractivity contribution in [1.82, 2.24) is 0 Å². The number of ether oxygens (including phenoxy) is 3. The number of nitrogens with zero attached hydrogens (tertiary/aromatic N) is 1. The molecule has 1 aromatic heterocycles. The molecule has 0 saturated carbocycles. The summed E-state index contributed by atoms with van der Waals surface area (Å²) in [4.78, 5) is 12.9. The molecule has 0 amide bonds. The second kappa shape index (κ2) is 10.6. The summed E-state index contributed by atoms with van der Waals surface area (Å²) < 4.78 is 17.2. The smallest absolute Gasteiger partial charge is 0.353 e. The third-order valence-electron chi connectivity index (χ3n) is 5.72. The molecule has 9 heteroatoms. The monoisotopic (exact) mass is 548 g/mol. The van der Waals surface area contributed by atoms with Gasteiger partial charge in [0.2, 0.25) is 5.88 Å².